The fraction of sp³-hybridized carbons (Fsp3) is 0.280. The smallest absolute Gasteiger partial charge is 0.0503 e. The fourth-order valence-electron chi connectivity index (χ4n) is 4.74. The molecule has 27 heavy (non-hydrogen) atoms. The van der Waals surface area contributed by atoms with Crippen molar-refractivity contribution in [1.29, 1.82) is 0 Å². The van der Waals surface area contributed by atoms with Crippen LogP contribution < -0.4 is 0 Å². The Labute approximate surface area is 173 Å². The van der Waals surface area contributed by atoms with Crippen molar-refractivity contribution in [3.63, 3.8) is 0 Å². The van der Waals surface area contributed by atoms with E-state index in [4.69, 9.17) is 0 Å². The van der Waals surface area contributed by atoms with Crippen molar-refractivity contribution in [3.8, 4) is 11.1 Å². The Morgan fingerprint density at radius 1 is 0.926 bits per heavy atom. The average molecular weight is 435 g/mol. The Balaban J connectivity index is 1.86. The van der Waals surface area contributed by atoms with Gasteiger partial charge in [-0.1, -0.05) is 61.4 Å². The molecule has 0 spiro atoms. The Kier molecular flexibility index (Phi) is 4.37. The summed E-state index contributed by atoms with van der Waals surface area (Å²) in [5, 5.41) is 4.08. The monoisotopic (exact) mass is 434 g/mol. The number of rotatable bonds is 2. The van der Waals surface area contributed by atoms with E-state index in [0.717, 1.165) is 5.92 Å². The summed E-state index contributed by atoms with van der Waals surface area (Å²) in [5.41, 5.74) is 5.72. The third kappa shape index (κ3) is 2.77. The van der Waals surface area contributed by atoms with Crippen LogP contribution in [0.25, 0.3) is 32.0 Å². The highest BCUT2D eigenvalue weighted by atomic mass is 79.9. The number of hydrogen-bond donors (Lipinski definition) is 0. The highest BCUT2D eigenvalue weighted by Gasteiger charge is 2.21. The molecule has 1 fully saturated rings. The molecule has 1 aromatic heterocycles. The molecule has 2 heteroatoms. The van der Waals surface area contributed by atoms with E-state index in [2.05, 4.69) is 78.3 Å². The summed E-state index contributed by atoms with van der Waals surface area (Å²) < 4.78 is 2.62. The molecule has 0 nitrogen and oxygen atoms in total. The first-order chi connectivity index (χ1) is 13.1. The van der Waals surface area contributed by atoms with Gasteiger partial charge in [-0.3, -0.25) is 0 Å². The predicted molar refractivity (Wildman–Crippen MR) is 123 cm³/mol. The Bertz CT molecular complexity index is 1160. The first kappa shape index (κ1) is 17.5. The number of hydrogen-bond acceptors (Lipinski definition) is 1. The zero-order chi connectivity index (χ0) is 18.5. The third-order valence-corrected chi connectivity index (χ3v) is 8.58. The SMILES string of the molecule is Cc1sc2c(Br)c3ccccc3c(-c3cccc(C4CCCC4)c3)c2c1C. The first-order valence-electron chi connectivity index (χ1n) is 9.85. The van der Waals surface area contributed by atoms with Crippen LogP contribution in [-0.2, 0) is 0 Å². The molecule has 0 saturated heterocycles. The average Bonchev–Trinajstić information content (AvgIpc) is 3.33. The summed E-state index contributed by atoms with van der Waals surface area (Å²) in [5.74, 6) is 0.743. The van der Waals surface area contributed by atoms with E-state index in [1.165, 1.54) is 78.1 Å². The van der Waals surface area contributed by atoms with Gasteiger partial charge in [0.05, 0.1) is 4.70 Å². The summed E-state index contributed by atoms with van der Waals surface area (Å²) in [6.45, 7) is 4.52. The lowest BCUT2D eigenvalue weighted by Crippen LogP contribution is -1.93. The molecule has 0 amide bonds. The quantitative estimate of drug-likeness (QED) is 0.295. The lowest BCUT2D eigenvalue weighted by molar-refractivity contribution is 0.723. The van der Waals surface area contributed by atoms with Gasteiger partial charge < -0.3 is 0 Å². The van der Waals surface area contributed by atoms with Gasteiger partial charge >= 0.3 is 0 Å². The number of fused-ring (bicyclic) bond motifs is 2. The minimum Gasteiger partial charge on any atom is -0.139 e. The van der Waals surface area contributed by atoms with Gasteiger partial charge in [-0.15, -0.1) is 11.3 Å². The molecule has 5 rings (SSSR count). The topological polar surface area (TPSA) is 0 Å². The van der Waals surface area contributed by atoms with Crippen molar-refractivity contribution in [2.75, 3.05) is 0 Å². The van der Waals surface area contributed by atoms with Crippen LogP contribution in [0, 0.1) is 13.8 Å². The molecule has 1 aliphatic carbocycles. The van der Waals surface area contributed by atoms with Gasteiger partial charge in [0, 0.05) is 14.7 Å². The summed E-state index contributed by atoms with van der Waals surface area (Å²) in [4.78, 5) is 1.41. The van der Waals surface area contributed by atoms with Crippen molar-refractivity contribution in [1.82, 2.24) is 0 Å². The maximum atomic E-state index is 3.92. The summed E-state index contributed by atoms with van der Waals surface area (Å²) >= 11 is 5.83. The van der Waals surface area contributed by atoms with Gasteiger partial charge in [0.2, 0.25) is 0 Å². The van der Waals surface area contributed by atoms with Crippen LogP contribution in [0.4, 0.5) is 0 Å². The van der Waals surface area contributed by atoms with Crippen LogP contribution in [0.1, 0.15) is 47.6 Å². The van der Waals surface area contributed by atoms with Crippen LogP contribution in [-0.4, -0.2) is 0 Å². The molecule has 1 saturated carbocycles. The van der Waals surface area contributed by atoms with E-state index in [1.54, 1.807) is 0 Å². The van der Waals surface area contributed by atoms with Gasteiger partial charge in [0.15, 0.2) is 0 Å². The summed E-state index contributed by atoms with van der Waals surface area (Å²) in [6, 6.07) is 18.2. The third-order valence-electron chi connectivity index (χ3n) is 6.27. The molecule has 0 atom stereocenters. The molecule has 0 unspecified atom stereocenters. The zero-order valence-corrected chi connectivity index (χ0v) is 18.2. The summed E-state index contributed by atoms with van der Waals surface area (Å²) in [7, 11) is 0. The maximum Gasteiger partial charge on any atom is 0.0503 e. The van der Waals surface area contributed by atoms with E-state index in [1.807, 2.05) is 11.3 Å². The maximum absolute atomic E-state index is 3.92. The van der Waals surface area contributed by atoms with E-state index in [9.17, 15) is 0 Å². The minimum absolute atomic E-state index is 0.743. The van der Waals surface area contributed by atoms with E-state index in [0.29, 0.717) is 0 Å². The van der Waals surface area contributed by atoms with Crippen molar-refractivity contribution in [2.45, 2.75) is 45.4 Å². The van der Waals surface area contributed by atoms with Crippen LogP contribution >= 0.6 is 27.3 Å². The molecule has 0 radical (unpaired) electrons. The summed E-state index contributed by atoms with van der Waals surface area (Å²) in [6.07, 6.45) is 5.44. The molecule has 136 valence electrons. The largest absolute Gasteiger partial charge is 0.139 e. The van der Waals surface area contributed by atoms with E-state index >= 15 is 0 Å². The van der Waals surface area contributed by atoms with Crippen LogP contribution in [0.5, 0.6) is 0 Å². The normalized spacial score (nSPS) is 15.2. The highest BCUT2D eigenvalue weighted by molar-refractivity contribution is 9.11. The Morgan fingerprint density at radius 3 is 2.44 bits per heavy atom. The van der Waals surface area contributed by atoms with Crippen molar-refractivity contribution < 1.29 is 0 Å². The Morgan fingerprint density at radius 2 is 1.67 bits per heavy atom. The van der Waals surface area contributed by atoms with Crippen LogP contribution in [0.2, 0.25) is 0 Å². The lowest BCUT2D eigenvalue weighted by atomic mass is 9.89. The van der Waals surface area contributed by atoms with E-state index < -0.39 is 0 Å². The minimum atomic E-state index is 0.743. The van der Waals surface area contributed by atoms with Gasteiger partial charge in [-0.05, 0) is 81.6 Å². The molecule has 1 aliphatic rings. The Hall–Kier alpha value is -1.64. The molecule has 3 aromatic carbocycles. The molecule has 0 bridgehead atoms. The molecule has 0 N–H and O–H groups in total. The standard InChI is InChI=1S/C25H23BrS/c1-15-16(2)27-25-22(15)23(20-12-5-6-13-21(20)24(25)26)19-11-7-10-18(14-19)17-8-3-4-9-17/h5-7,10-14,17H,3-4,8-9H2,1-2H3. The van der Waals surface area contributed by atoms with Crippen LogP contribution in [0.3, 0.4) is 0 Å². The molecule has 0 aliphatic heterocycles. The van der Waals surface area contributed by atoms with Gasteiger partial charge in [0.25, 0.3) is 0 Å². The zero-order valence-electron chi connectivity index (χ0n) is 15.8. The highest BCUT2D eigenvalue weighted by Crippen LogP contribution is 2.47. The number of benzene rings is 3. The van der Waals surface area contributed by atoms with Gasteiger partial charge in [-0.25, -0.2) is 0 Å². The number of aryl methyl sites for hydroxylation is 2. The number of halogens is 1. The lowest BCUT2D eigenvalue weighted by Gasteiger charge is -2.15. The van der Waals surface area contributed by atoms with Crippen molar-refractivity contribution in [2.24, 2.45) is 0 Å². The second-order valence-corrected chi connectivity index (χ2v) is 9.85. The molecule has 1 heterocycles. The van der Waals surface area contributed by atoms with Gasteiger partial charge in [-0.2, -0.15) is 0 Å². The van der Waals surface area contributed by atoms with Crippen molar-refractivity contribution >= 4 is 48.1 Å². The molecular weight excluding hydrogens is 412 g/mol. The fourth-order valence-corrected chi connectivity index (χ4v) is 6.64. The second kappa shape index (κ2) is 6.76. The first-order valence-corrected chi connectivity index (χ1v) is 11.5. The van der Waals surface area contributed by atoms with Crippen molar-refractivity contribution in [3.05, 3.63) is 69.0 Å². The predicted octanol–water partition coefficient (Wildman–Crippen LogP) is 8.76. The van der Waals surface area contributed by atoms with E-state index in [-0.39, 0.29) is 0 Å². The number of thiophene rings is 1. The van der Waals surface area contributed by atoms with Crippen LogP contribution in [0.15, 0.2) is 53.0 Å². The molecular formula is C25H23BrS. The second-order valence-electron chi connectivity index (χ2n) is 7.83. The molecule has 4 aromatic rings. The van der Waals surface area contributed by atoms with Gasteiger partial charge in [0.1, 0.15) is 0 Å².